The van der Waals surface area contributed by atoms with Crippen molar-refractivity contribution in [1.82, 2.24) is 0 Å². The standard InChI is InChI=1S/C11H19N/c1-3-5-6-7-8-9-10-11(12)4-2/h3-5,9-10H,6-8,12H2,1-2H3/b5-3+,10-9-,11-4+. The molecule has 0 rings (SSSR count). The highest BCUT2D eigenvalue weighted by atomic mass is 14.5. The van der Waals surface area contributed by atoms with Gasteiger partial charge < -0.3 is 5.73 Å². The molecule has 0 saturated heterocycles. The summed E-state index contributed by atoms with van der Waals surface area (Å²) in [6.45, 7) is 3.99. The van der Waals surface area contributed by atoms with Gasteiger partial charge in [-0.15, -0.1) is 0 Å². The average molecular weight is 165 g/mol. The van der Waals surface area contributed by atoms with Crippen molar-refractivity contribution in [3.63, 3.8) is 0 Å². The molecule has 0 radical (unpaired) electrons. The van der Waals surface area contributed by atoms with Gasteiger partial charge in [0.05, 0.1) is 0 Å². The lowest BCUT2D eigenvalue weighted by Crippen LogP contribution is -1.90. The minimum absolute atomic E-state index is 0.848. The minimum atomic E-state index is 0.848. The first-order valence-corrected chi connectivity index (χ1v) is 4.50. The molecule has 1 nitrogen and oxygen atoms in total. The second kappa shape index (κ2) is 8.12. The van der Waals surface area contributed by atoms with Crippen LogP contribution >= 0.6 is 0 Å². The van der Waals surface area contributed by atoms with Crippen LogP contribution in [-0.2, 0) is 0 Å². The van der Waals surface area contributed by atoms with Crippen LogP contribution in [-0.4, -0.2) is 0 Å². The molecule has 0 unspecified atom stereocenters. The fourth-order valence-corrected chi connectivity index (χ4v) is 0.836. The lowest BCUT2D eigenvalue weighted by atomic mass is 10.2. The van der Waals surface area contributed by atoms with E-state index in [1.165, 1.54) is 6.42 Å². The van der Waals surface area contributed by atoms with Gasteiger partial charge in [-0.3, -0.25) is 0 Å². The first kappa shape index (κ1) is 11.0. The van der Waals surface area contributed by atoms with Crippen LogP contribution in [0.2, 0.25) is 0 Å². The lowest BCUT2D eigenvalue weighted by molar-refractivity contribution is 0.866. The predicted molar refractivity (Wildman–Crippen MR) is 55.7 cm³/mol. The van der Waals surface area contributed by atoms with Gasteiger partial charge in [0.15, 0.2) is 0 Å². The molecule has 1 heteroatoms. The van der Waals surface area contributed by atoms with E-state index in [0.29, 0.717) is 0 Å². The van der Waals surface area contributed by atoms with Crippen molar-refractivity contribution in [3.8, 4) is 0 Å². The quantitative estimate of drug-likeness (QED) is 0.378. The molecule has 0 aromatic rings. The van der Waals surface area contributed by atoms with Gasteiger partial charge in [-0.05, 0) is 39.2 Å². The number of nitrogens with two attached hydrogens (primary N) is 1. The summed E-state index contributed by atoms with van der Waals surface area (Å²) in [5, 5.41) is 0. The molecule has 0 fully saturated rings. The van der Waals surface area contributed by atoms with Gasteiger partial charge >= 0.3 is 0 Å². The van der Waals surface area contributed by atoms with Crippen molar-refractivity contribution in [2.45, 2.75) is 33.1 Å². The summed E-state index contributed by atoms with van der Waals surface area (Å²) in [4.78, 5) is 0. The van der Waals surface area contributed by atoms with Gasteiger partial charge in [-0.1, -0.05) is 24.3 Å². The Bertz CT molecular complexity index is 175. The highest BCUT2D eigenvalue weighted by Crippen LogP contribution is 1.98. The lowest BCUT2D eigenvalue weighted by Gasteiger charge is -1.90. The number of allylic oxidation sites excluding steroid dienone is 5. The second-order valence-corrected chi connectivity index (χ2v) is 2.69. The molecule has 0 atom stereocenters. The van der Waals surface area contributed by atoms with Crippen LogP contribution < -0.4 is 5.73 Å². The zero-order valence-electron chi connectivity index (χ0n) is 8.09. The minimum Gasteiger partial charge on any atom is -0.399 e. The zero-order chi connectivity index (χ0) is 9.23. The predicted octanol–water partition coefficient (Wildman–Crippen LogP) is 3.15. The number of rotatable bonds is 5. The summed E-state index contributed by atoms with van der Waals surface area (Å²) >= 11 is 0. The molecule has 0 aliphatic rings. The summed E-state index contributed by atoms with van der Waals surface area (Å²) in [6.07, 6.45) is 13.8. The van der Waals surface area contributed by atoms with E-state index in [9.17, 15) is 0 Å². The maximum atomic E-state index is 5.57. The fraction of sp³-hybridized carbons (Fsp3) is 0.455. The van der Waals surface area contributed by atoms with Crippen LogP contribution in [0, 0.1) is 0 Å². The maximum absolute atomic E-state index is 5.57. The molecule has 0 heterocycles. The van der Waals surface area contributed by atoms with Crippen LogP contribution in [0.25, 0.3) is 0 Å². The molecule has 68 valence electrons. The average Bonchev–Trinajstić information content (AvgIpc) is 2.10. The first-order chi connectivity index (χ1) is 5.81. The maximum Gasteiger partial charge on any atom is 0.0267 e. The highest BCUT2D eigenvalue weighted by Gasteiger charge is 1.80. The van der Waals surface area contributed by atoms with Gasteiger partial charge in [-0.2, -0.15) is 0 Å². The molecule has 0 amide bonds. The van der Waals surface area contributed by atoms with Crippen LogP contribution in [0.15, 0.2) is 36.1 Å². The van der Waals surface area contributed by atoms with Crippen molar-refractivity contribution >= 4 is 0 Å². The first-order valence-electron chi connectivity index (χ1n) is 4.50. The van der Waals surface area contributed by atoms with Crippen molar-refractivity contribution in [3.05, 3.63) is 36.1 Å². The third-order valence-corrected chi connectivity index (χ3v) is 1.62. The molecule has 0 spiro atoms. The second-order valence-electron chi connectivity index (χ2n) is 2.69. The zero-order valence-corrected chi connectivity index (χ0v) is 8.09. The molecule has 0 saturated carbocycles. The van der Waals surface area contributed by atoms with E-state index in [1.807, 2.05) is 26.0 Å². The Balaban J connectivity index is 3.36. The highest BCUT2D eigenvalue weighted by molar-refractivity contribution is 5.13. The normalized spacial score (nSPS) is 13.3. The number of hydrogen-bond donors (Lipinski definition) is 1. The van der Waals surface area contributed by atoms with Gasteiger partial charge in [-0.25, -0.2) is 0 Å². The van der Waals surface area contributed by atoms with E-state index >= 15 is 0 Å². The number of unbranched alkanes of at least 4 members (excludes halogenated alkanes) is 2. The third kappa shape index (κ3) is 7.13. The Morgan fingerprint density at radius 3 is 2.42 bits per heavy atom. The molecule has 2 N–H and O–H groups in total. The Hall–Kier alpha value is -0.980. The van der Waals surface area contributed by atoms with Crippen LogP contribution in [0.5, 0.6) is 0 Å². The van der Waals surface area contributed by atoms with Crippen LogP contribution in [0.1, 0.15) is 33.1 Å². The molecule has 0 bridgehead atoms. The van der Waals surface area contributed by atoms with Crippen molar-refractivity contribution in [2.24, 2.45) is 5.73 Å². The molecule has 0 aromatic heterocycles. The van der Waals surface area contributed by atoms with E-state index < -0.39 is 0 Å². The summed E-state index contributed by atoms with van der Waals surface area (Å²) in [6, 6.07) is 0. The Kier molecular flexibility index (Phi) is 7.46. The Morgan fingerprint density at radius 2 is 1.83 bits per heavy atom. The van der Waals surface area contributed by atoms with Crippen molar-refractivity contribution < 1.29 is 0 Å². The van der Waals surface area contributed by atoms with Crippen LogP contribution in [0.3, 0.4) is 0 Å². The molecule has 0 aliphatic carbocycles. The topological polar surface area (TPSA) is 26.0 Å². The van der Waals surface area contributed by atoms with Gasteiger partial charge in [0, 0.05) is 5.70 Å². The van der Waals surface area contributed by atoms with Gasteiger partial charge in [0.1, 0.15) is 0 Å². The van der Waals surface area contributed by atoms with Gasteiger partial charge in [0.25, 0.3) is 0 Å². The van der Waals surface area contributed by atoms with E-state index in [-0.39, 0.29) is 0 Å². The monoisotopic (exact) mass is 165 g/mol. The summed E-state index contributed by atoms with van der Waals surface area (Å²) in [7, 11) is 0. The molecular weight excluding hydrogens is 146 g/mol. The number of hydrogen-bond acceptors (Lipinski definition) is 1. The van der Waals surface area contributed by atoms with Crippen molar-refractivity contribution in [2.75, 3.05) is 0 Å². The smallest absolute Gasteiger partial charge is 0.0267 e. The summed E-state index contributed by atoms with van der Waals surface area (Å²) in [5.74, 6) is 0. The summed E-state index contributed by atoms with van der Waals surface area (Å²) < 4.78 is 0. The SMILES string of the molecule is C/C=C/CCC/C=C\C(N)=C/C. The molecular formula is C11H19N. The van der Waals surface area contributed by atoms with E-state index in [2.05, 4.69) is 18.2 Å². The largest absolute Gasteiger partial charge is 0.399 e. The molecule has 12 heavy (non-hydrogen) atoms. The third-order valence-electron chi connectivity index (χ3n) is 1.62. The summed E-state index contributed by atoms with van der Waals surface area (Å²) in [5.41, 5.74) is 6.42. The van der Waals surface area contributed by atoms with E-state index in [0.717, 1.165) is 18.5 Å². The van der Waals surface area contributed by atoms with E-state index in [1.54, 1.807) is 0 Å². The Morgan fingerprint density at radius 1 is 1.17 bits per heavy atom. The van der Waals surface area contributed by atoms with Gasteiger partial charge in [0.2, 0.25) is 0 Å². The van der Waals surface area contributed by atoms with Crippen molar-refractivity contribution in [1.29, 1.82) is 0 Å². The molecule has 0 aromatic carbocycles. The molecule has 0 aliphatic heterocycles. The fourth-order valence-electron chi connectivity index (χ4n) is 0.836. The van der Waals surface area contributed by atoms with Crippen LogP contribution in [0.4, 0.5) is 0 Å². The van der Waals surface area contributed by atoms with E-state index in [4.69, 9.17) is 5.73 Å². The Labute approximate surface area is 75.7 Å².